The quantitative estimate of drug-likeness (QED) is 0.0261. The molecule has 7 rings (SSSR count). The summed E-state index contributed by atoms with van der Waals surface area (Å²) in [6.07, 6.45) is 10.1. The molecule has 2 aromatic carbocycles. The number of nitrogens with zero attached hydrogens (tertiary/aromatic N) is 7. The van der Waals surface area contributed by atoms with Crippen molar-refractivity contribution in [3.63, 3.8) is 0 Å². The molecule has 2 unspecified atom stereocenters. The van der Waals surface area contributed by atoms with Crippen LogP contribution in [0.15, 0.2) is 84.5 Å². The third-order valence-corrected chi connectivity index (χ3v) is 16.8. The van der Waals surface area contributed by atoms with Gasteiger partial charge in [0.25, 0.3) is 5.91 Å². The molecule has 3 aliphatic rings. The maximum absolute atomic E-state index is 14.3. The van der Waals surface area contributed by atoms with Crippen molar-refractivity contribution in [2.45, 2.75) is 82.6 Å². The molecule has 2 amide bonds. The number of aromatic nitrogens is 4. The van der Waals surface area contributed by atoms with E-state index < -0.39 is 48.5 Å². The maximum atomic E-state index is 14.3. The highest BCUT2D eigenvalue weighted by molar-refractivity contribution is 7.66. The van der Waals surface area contributed by atoms with Crippen molar-refractivity contribution in [3.8, 4) is 0 Å². The van der Waals surface area contributed by atoms with Crippen LogP contribution in [0.2, 0.25) is 0 Å². The Morgan fingerprint density at radius 2 is 1.64 bits per heavy atom. The molecular weight excluding hydrogens is 1020 g/mol. The summed E-state index contributed by atoms with van der Waals surface area (Å²) in [7, 11) is -6.75. The van der Waals surface area contributed by atoms with E-state index in [4.69, 9.17) is 14.5 Å². The van der Waals surface area contributed by atoms with Crippen LogP contribution in [0.4, 0.5) is 11.5 Å². The van der Waals surface area contributed by atoms with Crippen LogP contribution in [0, 0.1) is 0 Å². The minimum atomic E-state index is -5.71. The molecule has 26 heteroatoms. The lowest BCUT2D eigenvalue weighted by molar-refractivity contribution is -0.462. The number of rotatable bonds is 23. The van der Waals surface area contributed by atoms with Gasteiger partial charge in [0, 0.05) is 82.4 Å². The molecule has 2 aliphatic carbocycles. The fourth-order valence-electron chi connectivity index (χ4n) is 9.17. The highest BCUT2D eigenvalue weighted by atomic mass is 31.3. The van der Waals surface area contributed by atoms with E-state index in [0.717, 1.165) is 59.4 Å². The number of benzene rings is 2. The van der Waals surface area contributed by atoms with Gasteiger partial charge in [0.2, 0.25) is 5.91 Å². The number of carbonyl (C=O) groups excluding carboxylic acids is 2. The van der Waals surface area contributed by atoms with Crippen molar-refractivity contribution in [1.29, 1.82) is 0 Å². The van der Waals surface area contributed by atoms with Crippen molar-refractivity contribution in [2.75, 3.05) is 71.7 Å². The zero-order valence-corrected chi connectivity index (χ0v) is 45.0. The van der Waals surface area contributed by atoms with Gasteiger partial charge in [-0.2, -0.15) is 8.62 Å². The minimum Gasteiger partial charge on any atom is -0.390 e. The largest absolute Gasteiger partial charge is 0.490 e. The number of unbranched alkanes of at least 4 members (excludes halogenated alkanes) is 3. The van der Waals surface area contributed by atoms with E-state index in [-0.39, 0.29) is 30.1 Å². The predicted molar refractivity (Wildman–Crippen MR) is 276 cm³/mol. The van der Waals surface area contributed by atoms with Gasteiger partial charge in [0.15, 0.2) is 22.7 Å². The van der Waals surface area contributed by atoms with Gasteiger partial charge in [-0.1, -0.05) is 51.0 Å². The molecule has 0 bridgehead atoms. The highest BCUT2D eigenvalue weighted by Gasteiger charge is 2.44. The van der Waals surface area contributed by atoms with Crippen LogP contribution in [-0.2, 0) is 41.8 Å². The number of phosphoric acid groups is 3. The maximum Gasteiger partial charge on any atom is 0.490 e. The van der Waals surface area contributed by atoms with Gasteiger partial charge < -0.3 is 49.9 Å². The molecule has 3 heterocycles. The molecule has 0 spiro atoms. The number of phosphoric ester groups is 1. The lowest BCUT2D eigenvalue weighted by Gasteiger charge is -2.39. The van der Waals surface area contributed by atoms with Crippen LogP contribution in [0.1, 0.15) is 92.1 Å². The molecule has 400 valence electrons. The SMILES string of the molecule is CN(CCCC(=O)NCCCCCCNc1ncnc2c1ncn2[C@H]1C[C@H](O)[C@@H](COP(=O)(O)OP(=O)(O)OP(=O)(O)O)O1)C(=O)c1ccccc1C1=C2C=CC(=[N+](C)C)C=C2C(C)(C)c2cc(N(C)C)ccc21. The smallest absolute Gasteiger partial charge is 0.390 e. The molecule has 4 aromatic rings. The molecule has 0 saturated carbocycles. The van der Waals surface area contributed by atoms with Gasteiger partial charge in [-0.05, 0) is 76.9 Å². The van der Waals surface area contributed by atoms with E-state index in [9.17, 15) is 38.2 Å². The summed E-state index contributed by atoms with van der Waals surface area (Å²) in [4.78, 5) is 80.5. The van der Waals surface area contributed by atoms with Crippen LogP contribution in [-0.4, -0.2) is 145 Å². The van der Waals surface area contributed by atoms with Crippen LogP contribution in [0.5, 0.6) is 0 Å². The van der Waals surface area contributed by atoms with Crippen LogP contribution in [0.25, 0.3) is 16.7 Å². The topological polar surface area (TPSA) is 301 Å². The zero-order valence-electron chi connectivity index (χ0n) is 42.3. The van der Waals surface area contributed by atoms with E-state index in [1.807, 2.05) is 52.5 Å². The van der Waals surface area contributed by atoms with Crippen molar-refractivity contribution >= 4 is 69.2 Å². The minimum absolute atomic E-state index is 0.0281. The number of anilines is 2. The molecule has 1 saturated heterocycles. The molecule has 1 aliphatic heterocycles. The second kappa shape index (κ2) is 23.3. The van der Waals surface area contributed by atoms with Gasteiger partial charge in [0.05, 0.1) is 19.0 Å². The highest BCUT2D eigenvalue weighted by Crippen LogP contribution is 2.66. The fraction of sp³-hybridized carbons (Fsp3) is 0.458. The van der Waals surface area contributed by atoms with Crippen molar-refractivity contribution in [3.05, 3.63) is 107 Å². The van der Waals surface area contributed by atoms with Crippen LogP contribution >= 0.6 is 23.5 Å². The first-order chi connectivity index (χ1) is 34.9. The van der Waals surface area contributed by atoms with Crippen LogP contribution in [0.3, 0.4) is 0 Å². The Bertz CT molecular complexity index is 3040. The van der Waals surface area contributed by atoms with E-state index >= 15 is 0 Å². The fourth-order valence-corrected chi connectivity index (χ4v) is 12.2. The summed E-state index contributed by atoms with van der Waals surface area (Å²) in [6, 6.07) is 14.4. The lowest BCUT2D eigenvalue weighted by atomic mass is 9.64. The number of ether oxygens (including phenoxy) is 1. The van der Waals surface area contributed by atoms with E-state index in [0.29, 0.717) is 48.6 Å². The Balaban J connectivity index is 0.842. The number of fused-ring (bicyclic) bond motifs is 3. The standard InChI is InChI=1S/C48H64N9O14P3/c1-48(2)37-25-31(54(3)4)18-20-35(37)43(36-21-19-32(55(5)6)26-38(36)48)33-15-10-11-16-34(33)47(60)56(7)24-14-17-41(59)49-22-12-8-9-13-23-50-45-44-46(52-29-51-45)57(30-53-44)42-27-39(58)40(69-42)28-68-73(64,65)71-74(66,67)70-72(61,62)63/h10-11,15-16,18-21,25-26,29-30,39-40,42,58H,8-9,12-14,17,22-24,27-28H2,1-7H3,(H5-,49,50,51,52,59,61,62,63,64,65,66,67)/p+1/t39-,40+,42+/m0/s1. The Morgan fingerprint density at radius 1 is 0.905 bits per heavy atom. The van der Waals surface area contributed by atoms with Gasteiger partial charge in [-0.3, -0.25) is 18.7 Å². The monoisotopic (exact) mass is 1080 g/mol. The second-order valence-corrected chi connectivity index (χ2v) is 23.6. The number of hydrogen-bond acceptors (Lipinski definition) is 15. The Labute approximate surface area is 429 Å². The molecule has 23 nitrogen and oxygen atoms in total. The number of carbonyl (C=O) groups is 2. The summed E-state index contributed by atoms with van der Waals surface area (Å²) in [6.45, 7) is 5.21. The lowest BCUT2D eigenvalue weighted by Crippen LogP contribution is -2.32. The van der Waals surface area contributed by atoms with Crippen molar-refractivity contribution in [2.24, 2.45) is 0 Å². The molecule has 5 atom stereocenters. The normalized spacial score (nSPS) is 19.8. The van der Waals surface area contributed by atoms with E-state index in [2.05, 4.69) is 98.5 Å². The zero-order chi connectivity index (χ0) is 53.8. The average molecular weight is 1090 g/mol. The van der Waals surface area contributed by atoms with Crippen molar-refractivity contribution in [1.82, 2.24) is 29.7 Å². The van der Waals surface area contributed by atoms with E-state index in [1.165, 1.54) is 28.4 Å². The first-order valence-electron chi connectivity index (χ1n) is 24.0. The molecular formula is C48H65N9O14P3+. The Hall–Kier alpha value is -5.25. The average Bonchev–Trinajstić information content (AvgIpc) is 3.93. The third kappa shape index (κ3) is 13.6. The Morgan fingerprint density at radius 3 is 2.35 bits per heavy atom. The molecule has 2 aromatic heterocycles. The van der Waals surface area contributed by atoms with Crippen LogP contribution < -0.4 is 15.5 Å². The Kier molecular flexibility index (Phi) is 17.8. The molecule has 1 fully saturated rings. The summed E-state index contributed by atoms with van der Waals surface area (Å²) < 4.78 is 56.2. The number of amides is 2. The molecule has 0 radical (unpaired) electrons. The summed E-state index contributed by atoms with van der Waals surface area (Å²) in [5.74, 6) is 0.279. The number of hydrogen-bond donors (Lipinski definition) is 7. The summed E-state index contributed by atoms with van der Waals surface area (Å²) >= 11 is 0. The number of imidazole rings is 1. The van der Waals surface area contributed by atoms with Gasteiger partial charge in [-0.15, -0.1) is 0 Å². The third-order valence-electron chi connectivity index (χ3n) is 13.0. The van der Waals surface area contributed by atoms with E-state index in [1.54, 1.807) is 11.9 Å². The second-order valence-electron chi connectivity index (χ2n) is 19.2. The number of aliphatic hydroxyl groups excluding tert-OH is 1. The predicted octanol–water partition coefficient (Wildman–Crippen LogP) is 5.83. The molecule has 74 heavy (non-hydrogen) atoms. The summed E-state index contributed by atoms with van der Waals surface area (Å²) in [5.41, 5.74) is 9.77. The first-order valence-corrected chi connectivity index (χ1v) is 28.5. The number of allylic oxidation sites excluding steroid dienone is 5. The molecule has 7 N–H and O–H groups in total. The van der Waals surface area contributed by atoms with Crippen molar-refractivity contribution < 1.29 is 70.4 Å². The number of aliphatic hydroxyl groups is 1. The van der Waals surface area contributed by atoms with Gasteiger partial charge in [-0.25, -0.2) is 33.2 Å². The first kappa shape index (κ1) is 56.5. The van der Waals surface area contributed by atoms with Gasteiger partial charge >= 0.3 is 23.5 Å². The summed E-state index contributed by atoms with van der Waals surface area (Å²) in [5, 5.41) is 16.8. The number of nitrogens with one attached hydrogen (secondary N) is 2. The van der Waals surface area contributed by atoms with Gasteiger partial charge in [0.1, 0.15) is 32.8 Å².